The number of benzene rings is 7. The van der Waals surface area contributed by atoms with Gasteiger partial charge in [-0.3, -0.25) is 0 Å². The molecular formula is C38H25NO. The van der Waals surface area contributed by atoms with Crippen LogP contribution in [-0.2, 0) is 0 Å². The molecule has 1 aromatic heterocycles. The average molecular weight is 512 g/mol. The highest BCUT2D eigenvalue weighted by molar-refractivity contribution is 6.19. The van der Waals surface area contributed by atoms with Gasteiger partial charge in [-0.1, -0.05) is 103 Å². The molecule has 8 aromatic rings. The van der Waals surface area contributed by atoms with Crippen molar-refractivity contribution in [3.63, 3.8) is 0 Å². The summed E-state index contributed by atoms with van der Waals surface area (Å²) in [7, 11) is 0. The van der Waals surface area contributed by atoms with Gasteiger partial charge in [0.15, 0.2) is 0 Å². The second-order valence-electron chi connectivity index (χ2n) is 10.2. The minimum Gasteiger partial charge on any atom is -0.456 e. The van der Waals surface area contributed by atoms with E-state index >= 15 is 0 Å². The SMILES string of the molecule is c1ccc(N(c2ccc(-c3cccc4ccccc34)cc2)c2ccc3ccc4oc5ccccc5c4c3c2)cc1. The van der Waals surface area contributed by atoms with Gasteiger partial charge in [-0.05, 0) is 81.2 Å². The van der Waals surface area contributed by atoms with Crippen LogP contribution in [0.4, 0.5) is 17.1 Å². The largest absolute Gasteiger partial charge is 0.456 e. The Balaban J connectivity index is 1.30. The molecule has 0 saturated heterocycles. The maximum absolute atomic E-state index is 6.20. The van der Waals surface area contributed by atoms with Crippen molar-refractivity contribution in [1.29, 1.82) is 0 Å². The van der Waals surface area contributed by atoms with E-state index in [0.29, 0.717) is 0 Å². The van der Waals surface area contributed by atoms with Crippen LogP contribution >= 0.6 is 0 Å². The molecule has 0 amide bonds. The van der Waals surface area contributed by atoms with Crippen molar-refractivity contribution in [3.05, 3.63) is 152 Å². The minimum atomic E-state index is 0.913. The normalized spacial score (nSPS) is 11.5. The summed E-state index contributed by atoms with van der Waals surface area (Å²) in [6.45, 7) is 0. The molecule has 8 rings (SSSR count). The molecule has 0 unspecified atom stereocenters. The first-order valence-electron chi connectivity index (χ1n) is 13.6. The Hall–Kier alpha value is -5.34. The number of anilines is 3. The first-order valence-corrected chi connectivity index (χ1v) is 13.6. The van der Waals surface area contributed by atoms with Gasteiger partial charge in [0.05, 0.1) is 0 Å². The molecule has 0 atom stereocenters. The predicted molar refractivity (Wildman–Crippen MR) is 169 cm³/mol. The summed E-state index contributed by atoms with van der Waals surface area (Å²) < 4.78 is 6.20. The lowest BCUT2D eigenvalue weighted by Gasteiger charge is -2.26. The highest BCUT2D eigenvalue weighted by atomic mass is 16.3. The molecule has 0 N–H and O–H groups in total. The van der Waals surface area contributed by atoms with E-state index < -0.39 is 0 Å². The summed E-state index contributed by atoms with van der Waals surface area (Å²) >= 11 is 0. The Morgan fingerprint density at radius 3 is 1.93 bits per heavy atom. The quantitative estimate of drug-likeness (QED) is 0.234. The molecule has 0 aliphatic carbocycles. The van der Waals surface area contributed by atoms with Crippen LogP contribution in [0.25, 0.3) is 54.6 Å². The van der Waals surface area contributed by atoms with Crippen LogP contribution in [0.2, 0.25) is 0 Å². The minimum absolute atomic E-state index is 0.913. The van der Waals surface area contributed by atoms with Gasteiger partial charge < -0.3 is 9.32 Å². The molecule has 2 heteroatoms. The smallest absolute Gasteiger partial charge is 0.136 e. The molecule has 0 fully saturated rings. The van der Waals surface area contributed by atoms with Gasteiger partial charge in [-0.25, -0.2) is 0 Å². The number of nitrogens with zero attached hydrogens (tertiary/aromatic N) is 1. The Labute approximate surface area is 232 Å². The number of para-hydroxylation sites is 2. The molecule has 0 saturated carbocycles. The zero-order valence-electron chi connectivity index (χ0n) is 21.8. The Bertz CT molecular complexity index is 2150. The van der Waals surface area contributed by atoms with Gasteiger partial charge in [0.1, 0.15) is 11.2 Å². The first kappa shape index (κ1) is 22.6. The molecule has 0 aliphatic heterocycles. The lowest BCUT2D eigenvalue weighted by molar-refractivity contribution is 0.669. The van der Waals surface area contributed by atoms with E-state index in [2.05, 4.69) is 144 Å². The summed E-state index contributed by atoms with van der Waals surface area (Å²) in [6.07, 6.45) is 0. The van der Waals surface area contributed by atoms with Gasteiger partial charge in [-0.2, -0.15) is 0 Å². The molecule has 1 heterocycles. The second kappa shape index (κ2) is 9.14. The highest BCUT2D eigenvalue weighted by Gasteiger charge is 2.16. The third-order valence-corrected chi connectivity index (χ3v) is 7.84. The molecular weight excluding hydrogens is 486 g/mol. The van der Waals surface area contributed by atoms with Crippen molar-refractivity contribution in [2.75, 3.05) is 4.90 Å². The molecule has 0 aliphatic rings. The van der Waals surface area contributed by atoms with Crippen molar-refractivity contribution in [1.82, 2.24) is 0 Å². The van der Waals surface area contributed by atoms with Crippen LogP contribution in [0.3, 0.4) is 0 Å². The summed E-state index contributed by atoms with van der Waals surface area (Å²) in [5.41, 5.74) is 7.61. The van der Waals surface area contributed by atoms with Crippen molar-refractivity contribution in [2.45, 2.75) is 0 Å². The van der Waals surface area contributed by atoms with E-state index in [1.807, 2.05) is 12.1 Å². The zero-order valence-corrected chi connectivity index (χ0v) is 21.8. The van der Waals surface area contributed by atoms with Gasteiger partial charge in [0.25, 0.3) is 0 Å². The summed E-state index contributed by atoms with van der Waals surface area (Å²) in [5, 5.41) is 7.21. The van der Waals surface area contributed by atoms with Crippen molar-refractivity contribution >= 4 is 60.5 Å². The fourth-order valence-corrected chi connectivity index (χ4v) is 5.96. The standard InChI is InChI=1S/C38H25NO/c1-2-11-29(12-3-1)39(30-21-17-27(18-22-30)33-15-8-10-26-9-4-5-13-32(26)33)31-23-19-28-20-24-37-38(35(28)25-31)34-14-6-7-16-36(34)40-37/h1-25H. The fourth-order valence-electron chi connectivity index (χ4n) is 5.96. The summed E-state index contributed by atoms with van der Waals surface area (Å²) in [5.74, 6) is 0. The molecule has 2 nitrogen and oxygen atoms in total. The van der Waals surface area contributed by atoms with Crippen LogP contribution in [-0.4, -0.2) is 0 Å². The van der Waals surface area contributed by atoms with Crippen LogP contribution < -0.4 is 4.90 Å². The third kappa shape index (κ3) is 3.65. The predicted octanol–water partition coefficient (Wildman–Crippen LogP) is 11.0. The van der Waals surface area contributed by atoms with Gasteiger partial charge in [0.2, 0.25) is 0 Å². The van der Waals surface area contributed by atoms with Crippen LogP contribution in [0.5, 0.6) is 0 Å². The van der Waals surface area contributed by atoms with Crippen molar-refractivity contribution in [2.24, 2.45) is 0 Å². The monoisotopic (exact) mass is 511 g/mol. The van der Waals surface area contributed by atoms with E-state index in [1.54, 1.807) is 0 Å². The van der Waals surface area contributed by atoms with E-state index in [0.717, 1.165) is 39.0 Å². The number of hydrogen-bond donors (Lipinski definition) is 0. The van der Waals surface area contributed by atoms with E-state index in [9.17, 15) is 0 Å². The topological polar surface area (TPSA) is 16.4 Å². The number of furan rings is 1. The maximum Gasteiger partial charge on any atom is 0.136 e. The van der Waals surface area contributed by atoms with Crippen LogP contribution in [0, 0.1) is 0 Å². The van der Waals surface area contributed by atoms with Gasteiger partial charge in [0, 0.05) is 27.8 Å². The van der Waals surface area contributed by atoms with E-state index in [4.69, 9.17) is 4.42 Å². The molecule has 188 valence electrons. The maximum atomic E-state index is 6.20. The van der Waals surface area contributed by atoms with Gasteiger partial charge >= 0.3 is 0 Å². The second-order valence-corrected chi connectivity index (χ2v) is 10.2. The van der Waals surface area contributed by atoms with Crippen molar-refractivity contribution < 1.29 is 4.42 Å². The lowest BCUT2D eigenvalue weighted by atomic mass is 9.98. The number of rotatable bonds is 4. The van der Waals surface area contributed by atoms with E-state index in [1.165, 1.54) is 32.7 Å². The first-order chi connectivity index (χ1) is 19.8. The van der Waals surface area contributed by atoms with Crippen LogP contribution in [0.15, 0.2) is 156 Å². The molecule has 0 spiro atoms. The molecule has 40 heavy (non-hydrogen) atoms. The van der Waals surface area contributed by atoms with Gasteiger partial charge in [-0.15, -0.1) is 0 Å². The Kier molecular flexibility index (Phi) is 5.17. The molecule has 0 radical (unpaired) electrons. The van der Waals surface area contributed by atoms with Crippen molar-refractivity contribution in [3.8, 4) is 11.1 Å². The third-order valence-electron chi connectivity index (χ3n) is 7.84. The summed E-state index contributed by atoms with van der Waals surface area (Å²) in [4.78, 5) is 2.33. The number of hydrogen-bond acceptors (Lipinski definition) is 2. The molecule has 0 bridgehead atoms. The Morgan fingerprint density at radius 2 is 1.05 bits per heavy atom. The Morgan fingerprint density at radius 1 is 0.400 bits per heavy atom. The lowest BCUT2D eigenvalue weighted by Crippen LogP contribution is -2.09. The summed E-state index contributed by atoms with van der Waals surface area (Å²) in [6, 6.07) is 53.8. The highest BCUT2D eigenvalue weighted by Crippen LogP contribution is 2.40. The average Bonchev–Trinajstić information content (AvgIpc) is 3.41. The zero-order chi connectivity index (χ0) is 26.5. The fraction of sp³-hybridized carbons (Fsp3) is 0. The van der Waals surface area contributed by atoms with Crippen LogP contribution in [0.1, 0.15) is 0 Å². The molecule has 7 aromatic carbocycles. The van der Waals surface area contributed by atoms with E-state index in [-0.39, 0.29) is 0 Å². The number of fused-ring (bicyclic) bond motifs is 6.